The number of carbonyl (C=O) groups is 1. The van der Waals surface area contributed by atoms with Crippen LogP contribution >= 0.6 is 0 Å². The van der Waals surface area contributed by atoms with Crippen LogP contribution in [0.5, 0.6) is 0 Å². The molecule has 0 fully saturated rings. The molecular formula is C22H36N2OSn. The molecule has 26 heavy (non-hydrogen) atoms. The fraction of sp³-hybridized carbons (Fsp3) is 0.636. The number of carbonyl (C=O) groups excluding carboxylic acids is 1. The summed E-state index contributed by atoms with van der Waals surface area (Å²) in [6, 6.07) is 8.92. The van der Waals surface area contributed by atoms with Crippen molar-refractivity contribution in [3.63, 3.8) is 0 Å². The molecule has 0 unspecified atom stereocenters. The van der Waals surface area contributed by atoms with Gasteiger partial charge in [0.25, 0.3) is 0 Å². The van der Waals surface area contributed by atoms with Gasteiger partial charge in [0, 0.05) is 0 Å². The van der Waals surface area contributed by atoms with Gasteiger partial charge in [-0.1, -0.05) is 0 Å². The molecule has 0 saturated heterocycles. The molecule has 1 amide bonds. The van der Waals surface area contributed by atoms with E-state index >= 15 is 0 Å². The summed E-state index contributed by atoms with van der Waals surface area (Å²) in [6.07, 6.45) is 8.37. The molecular weight excluding hydrogens is 427 g/mol. The van der Waals surface area contributed by atoms with E-state index < -0.39 is 18.4 Å². The molecule has 0 atom stereocenters. The van der Waals surface area contributed by atoms with Crippen LogP contribution in [0.3, 0.4) is 0 Å². The summed E-state index contributed by atoms with van der Waals surface area (Å²) in [6.45, 7) is 8.88. The molecule has 1 aliphatic heterocycles. The van der Waals surface area contributed by atoms with Crippen molar-refractivity contribution in [2.75, 3.05) is 5.01 Å². The van der Waals surface area contributed by atoms with Crippen molar-refractivity contribution in [3.8, 4) is 0 Å². The first-order chi connectivity index (χ1) is 12.6. The summed E-state index contributed by atoms with van der Waals surface area (Å²) in [7, 11) is 0. The van der Waals surface area contributed by atoms with Crippen molar-refractivity contribution in [1.29, 1.82) is 0 Å². The van der Waals surface area contributed by atoms with Crippen molar-refractivity contribution in [2.45, 2.75) is 86.0 Å². The summed E-state index contributed by atoms with van der Waals surface area (Å²) in [4.78, 5) is 12.3. The molecule has 0 aromatic heterocycles. The maximum atomic E-state index is 12.3. The molecule has 4 heteroatoms. The first-order valence-electron chi connectivity index (χ1n) is 10.5. The van der Waals surface area contributed by atoms with Crippen molar-refractivity contribution in [1.82, 2.24) is 0 Å². The molecule has 1 heterocycles. The Labute approximate surface area is 164 Å². The van der Waals surface area contributed by atoms with Crippen LogP contribution in [-0.4, -0.2) is 30.0 Å². The van der Waals surface area contributed by atoms with Gasteiger partial charge in [0.15, 0.2) is 0 Å². The number of anilines is 1. The Morgan fingerprint density at radius 3 is 2.04 bits per heavy atom. The topological polar surface area (TPSA) is 32.7 Å². The number of benzene rings is 1. The third kappa shape index (κ3) is 5.34. The number of hydrogen-bond acceptors (Lipinski definition) is 2. The number of nitrogens with zero attached hydrogens (tertiary/aromatic N) is 2. The molecule has 0 aliphatic carbocycles. The molecule has 2 rings (SSSR count). The number of amides is 1. The van der Waals surface area contributed by atoms with Crippen molar-refractivity contribution in [3.05, 3.63) is 24.3 Å². The average Bonchev–Trinajstić information content (AvgIpc) is 3.00. The van der Waals surface area contributed by atoms with Crippen LogP contribution < -0.4 is 8.59 Å². The zero-order chi connectivity index (χ0) is 19.0. The van der Waals surface area contributed by atoms with Crippen molar-refractivity contribution >= 4 is 39.3 Å². The van der Waals surface area contributed by atoms with Crippen LogP contribution in [0.1, 0.15) is 72.6 Å². The minimum atomic E-state index is -2.45. The van der Waals surface area contributed by atoms with E-state index in [0.717, 1.165) is 11.4 Å². The van der Waals surface area contributed by atoms with Gasteiger partial charge >= 0.3 is 164 Å². The van der Waals surface area contributed by atoms with Gasteiger partial charge in [0.05, 0.1) is 0 Å². The van der Waals surface area contributed by atoms with E-state index in [2.05, 4.69) is 50.1 Å². The predicted molar refractivity (Wildman–Crippen MR) is 116 cm³/mol. The van der Waals surface area contributed by atoms with Crippen LogP contribution in [0, 0.1) is 0 Å². The third-order valence-corrected chi connectivity index (χ3v) is 21.2. The van der Waals surface area contributed by atoms with Crippen LogP contribution in [0.2, 0.25) is 13.3 Å². The molecule has 3 nitrogen and oxygen atoms in total. The van der Waals surface area contributed by atoms with E-state index in [9.17, 15) is 4.79 Å². The van der Waals surface area contributed by atoms with Gasteiger partial charge in [-0.3, -0.25) is 0 Å². The van der Waals surface area contributed by atoms with E-state index in [0.29, 0.717) is 6.42 Å². The number of unbranched alkanes of at least 4 members (excludes halogenated alkanes) is 3. The van der Waals surface area contributed by atoms with Gasteiger partial charge in [0.2, 0.25) is 0 Å². The third-order valence-electron chi connectivity index (χ3n) is 5.64. The van der Waals surface area contributed by atoms with Gasteiger partial charge in [-0.05, 0) is 0 Å². The second kappa shape index (κ2) is 10.5. The molecule has 0 saturated carbocycles. The Kier molecular flexibility index (Phi) is 8.65. The Balaban J connectivity index is 2.38. The Morgan fingerprint density at radius 2 is 1.58 bits per heavy atom. The van der Waals surface area contributed by atoms with Gasteiger partial charge in [-0.25, -0.2) is 0 Å². The number of rotatable bonds is 11. The molecule has 1 aromatic carbocycles. The van der Waals surface area contributed by atoms with Crippen LogP contribution in [-0.2, 0) is 4.79 Å². The van der Waals surface area contributed by atoms with Crippen LogP contribution in [0.4, 0.5) is 5.69 Å². The maximum absolute atomic E-state index is 12.3. The van der Waals surface area contributed by atoms with Crippen LogP contribution in [0.25, 0.3) is 0 Å². The Bertz CT molecular complexity index is 605. The monoisotopic (exact) mass is 464 g/mol. The Hall–Kier alpha value is -0.841. The van der Waals surface area contributed by atoms with Crippen molar-refractivity contribution in [2.24, 2.45) is 5.10 Å². The minimum absolute atomic E-state index is 0.108. The molecule has 0 radical (unpaired) electrons. The molecule has 0 bridgehead atoms. The second-order valence-electron chi connectivity index (χ2n) is 7.86. The zero-order valence-electron chi connectivity index (χ0n) is 17.2. The Morgan fingerprint density at radius 1 is 1.00 bits per heavy atom. The fourth-order valence-corrected chi connectivity index (χ4v) is 20.1. The summed E-state index contributed by atoms with van der Waals surface area (Å²) >= 11 is -2.45. The molecule has 1 aromatic rings. The van der Waals surface area contributed by atoms with Gasteiger partial charge in [-0.2, -0.15) is 0 Å². The van der Waals surface area contributed by atoms with Crippen molar-refractivity contribution < 1.29 is 4.79 Å². The first-order valence-corrected chi connectivity index (χ1v) is 18.0. The van der Waals surface area contributed by atoms with E-state index in [-0.39, 0.29) is 5.91 Å². The summed E-state index contributed by atoms with van der Waals surface area (Å²) < 4.78 is 5.96. The van der Waals surface area contributed by atoms with E-state index in [1.54, 1.807) is 8.59 Å². The fourth-order valence-electron chi connectivity index (χ4n) is 4.08. The molecule has 0 spiro atoms. The number of hydrogen-bond donors (Lipinski definition) is 0. The molecule has 144 valence electrons. The SMILES string of the molecule is CCC[CH2][Sn]([CH2]CCC)([CH2]CCC)[c]1cccc(N2N=C(C)CC2=O)c1. The predicted octanol–water partition coefficient (Wildman–Crippen LogP) is 5.86. The molecule has 1 aliphatic rings. The van der Waals surface area contributed by atoms with E-state index in [1.165, 1.54) is 51.8 Å². The first kappa shape index (κ1) is 21.5. The zero-order valence-corrected chi connectivity index (χ0v) is 20.0. The van der Waals surface area contributed by atoms with Gasteiger partial charge in [0.1, 0.15) is 0 Å². The summed E-state index contributed by atoms with van der Waals surface area (Å²) in [5.74, 6) is 0.108. The van der Waals surface area contributed by atoms with E-state index in [1.807, 2.05) is 6.92 Å². The quantitative estimate of drug-likeness (QED) is 0.379. The van der Waals surface area contributed by atoms with E-state index in [4.69, 9.17) is 0 Å². The van der Waals surface area contributed by atoms with Gasteiger partial charge in [-0.15, -0.1) is 0 Å². The van der Waals surface area contributed by atoms with Crippen LogP contribution in [0.15, 0.2) is 29.4 Å². The van der Waals surface area contributed by atoms with Gasteiger partial charge < -0.3 is 0 Å². The molecule has 0 N–H and O–H groups in total. The number of hydrazone groups is 1. The normalized spacial score (nSPS) is 14.8. The standard InChI is InChI=1S/C10H9N2O.3C4H9.Sn/c1-8-7-10(13)12(11-8)9-5-3-2-4-6-9;3*1-3-4-2;/h2-3,5-6H,7H2,1H3;3*1,3-4H2,2H3;. The summed E-state index contributed by atoms with van der Waals surface area (Å²) in [5, 5.41) is 6.11. The summed E-state index contributed by atoms with van der Waals surface area (Å²) in [5.41, 5.74) is 1.90. The average molecular weight is 463 g/mol. The second-order valence-corrected chi connectivity index (χ2v) is 21.1.